The highest BCUT2D eigenvalue weighted by atomic mass is 16.5. The third-order valence-corrected chi connectivity index (χ3v) is 3.62. The van der Waals surface area contributed by atoms with Crippen LogP contribution in [0.3, 0.4) is 0 Å². The van der Waals surface area contributed by atoms with Crippen LogP contribution in [0.25, 0.3) is 0 Å². The lowest BCUT2D eigenvalue weighted by Crippen LogP contribution is -2.32. The number of anilines is 2. The number of nitrogens with two attached hydrogens (primary N) is 1. The lowest BCUT2D eigenvalue weighted by Gasteiger charge is -2.20. The van der Waals surface area contributed by atoms with Crippen molar-refractivity contribution in [3.05, 3.63) is 0 Å². The maximum atomic E-state index is 5.81. The maximum absolute atomic E-state index is 5.81. The molecule has 8 heteroatoms. The van der Waals surface area contributed by atoms with Crippen LogP contribution in [-0.4, -0.2) is 39.8 Å². The first-order valence-electron chi connectivity index (χ1n) is 7.43. The molecule has 2 fully saturated rings. The Labute approximate surface area is 123 Å². The molecule has 1 aliphatic carbocycles. The second-order valence-electron chi connectivity index (χ2n) is 5.79. The summed E-state index contributed by atoms with van der Waals surface area (Å²) in [5.74, 6) is 6.82. The maximum Gasteiger partial charge on any atom is 0.323 e. The summed E-state index contributed by atoms with van der Waals surface area (Å²) in [5, 5.41) is 3.34. The van der Waals surface area contributed by atoms with E-state index in [1.807, 2.05) is 13.8 Å². The van der Waals surface area contributed by atoms with E-state index in [2.05, 4.69) is 25.7 Å². The van der Waals surface area contributed by atoms with E-state index in [1.54, 1.807) is 0 Å². The van der Waals surface area contributed by atoms with E-state index in [0.717, 1.165) is 13.0 Å². The Balaban J connectivity index is 1.74. The highest BCUT2D eigenvalue weighted by Crippen LogP contribution is 2.39. The Hall–Kier alpha value is -1.67. The van der Waals surface area contributed by atoms with Crippen molar-refractivity contribution in [2.24, 2.45) is 11.8 Å². The highest BCUT2D eigenvalue weighted by Gasteiger charge is 2.40. The van der Waals surface area contributed by atoms with E-state index in [-0.39, 0.29) is 30.2 Å². The summed E-state index contributed by atoms with van der Waals surface area (Å²) >= 11 is 0. The van der Waals surface area contributed by atoms with Gasteiger partial charge >= 0.3 is 6.01 Å². The van der Waals surface area contributed by atoms with E-state index >= 15 is 0 Å². The summed E-state index contributed by atoms with van der Waals surface area (Å²) in [6, 6.07) is 0.495. The molecule has 2 heterocycles. The lowest BCUT2D eigenvalue weighted by atomic mass is 10.1. The Morgan fingerprint density at radius 1 is 1.19 bits per heavy atom. The minimum absolute atomic E-state index is 0.0140. The van der Waals surface area contributed by atoms with Crippen LogP contribution in [0.4, 0.5) is 11.9 Å². The molecule has 8 nitrogen and oxygen atoms in total. The summed E-state index contributed by atoms with van der Waals surface area (Å²) < 4.78 is 11.3. The van der Waals surface area contributed by atoms with Crippen molar-refractivity contribution in [1.29, 1.82) is 0 Å². The van der Waals surface area contributed by atoms with Crippen LogP contribution in [-0.2, 0) is 4.74 Å². The van der Waals surface area contributed by atoms with Crippen molar-refractivity contribution >= 4 is 11.9 Å². The lowest BCUT2D eigenvalue weighted by molar-refractivity contribution is 0.0897. The first-order valence-corrected chi connectivity index (χ1v) is 7.43. The van der Waals surface area contributed by atoms with Crippen molar-refractivity contribution in [2.75, 3.05) is 17.3 Å². The van der Waals surface area contributed by atoms with Crippen molar-refractivity contribution < 1.29 is 9.47 Å². The molecule has 1 saturated carbocycles. The molecule has 0 aromatic carbocycles. The molecule has 1 aromatic rings. The minimum Gasteiger partial charge on any atom is -0.461 e. The Bertz CT molecular complexity index is 494. The van der Waals surface area contributed by atoms with Crippen LogP contribution >= 0.6 is 0 Å². The first-order chi connectivity index (χ1) is 10.2. The van der Waals surface area contributed by atoms with Gasteiger partial charge in [-0.25, -0.2) is 5.84 Å². The van der Waals surface area contributed by atoms with Gasteiger partial charge in [0.15, 0.2) is 0 Å². The number of hydrogen-bond donors (Lipinski definition) is 3. The number of nitrogens with one attached hydrogen (secondary N) is 2. The van der Waals surface area contributed by atoms with E-state index < -0.39 is 0 Å². The molecule has 3 rings (SSSR count). The average molecular weight is 294 g/mol. The number of nitrogens with zero attached hydrogens (tertiary/aromatic N) is 3. The summed E-state index contributed by atoms with van der Waals surface area (Å²) in [5.41, 5.74) is 2.44. The highest BCUT2D eigenvalue weighted by molar-refractivity contribution is 5.36. The molecular weight excluding hydrogens is 272 g/mol. The summed E-state index contributed by atoms with van der Waals surface area (Å²) in [6.07, 6.45) is 3.69. The quantitative estimate of drug-likeness (QED) is 0.525. The van der Waals surface area contributed by atoms with Crippen molar-refractivity contribution in [1.82, 2.24) is 15.0 Å². The van der Waals surface area contributed by atoms with Crippen molar-refractivity contribution in [3.8, 4) is 6.01 Å². The minimum atomic E-state index is -0.0140. The van der Waals surface area contributed by atoms with Gasteiger partial charge in [-0.15, -0.1) is 0 Å². The number of ether oxygens (including phenoxy) is 2. The molecule has 0 radical (unpaired) electrons. The zero-order valence-corrected chi connectivity index (χ0v) is 12.4. The Morgan fingerprint density at radius 3 is 2.62 bits per heavy atom. The number of hydrazine groups is 1. The Morgan fingerprint density at radius 2 is 1.95 bits per heavy atom. The van der Waals surface area contributed by atoms with Gasteiger partial charge in [-0.05, 0) is 39.0 Å². The number of rotatable bonds is 6. The number of hydrogen-bond acceptors (Lipinski definition) is 8. The van der Waals surface area contributed by atoms with Gasteiger partial charge in [-0.1, -0.05) is 0 Å². The van der Waals surface area contributed by atoms with Gasteiger partial charge < -0.3 is 14.8 Å². The second-order valence-corrected chi connectivity index (χ2v) is 5.79. The van der Waals surface area contributed by atoms with E-state index in [9.17, 15) is 0 Å². The predicted molar refractivity (Wildman–Crippen MR) is 77.9 cm³/mol. The predicted octanol–water partition coefficient (Wildman–Crippen LogP) is 0.924. The van der Waals surface area contributed by atoms with Gasteiger partial charge in [0.2, 0.25) is 11.9 Å². The van der Waals surface area contributed by atoms with Crippen LogP contribution in [0.5, 0.6) is 6.01 Å². The van der Waals surface area contributed by atoms with Gasteiger partial charge in [-0.3, -0.25) is 5.43 Å². The van der Waals surface area contributed by atoms with Crippen LogP contribution in [0.15, 0.2) is 0 Å². The van der Waals surface area contributed by atoms with Crippen LogP contribution < -0.4 is 21.3 Å². The first kappa shape index (κ1) is 14.3. The smallest absolute Gasteiger partial charge is 0.323 e. The largest absolute Gasteiger partial charge is 0.461 e. The van der Waals surface area contributed by atoms with Gasteiger partial charge in [-0.2, -0.15) is 15.0 Å². The Kier molecular flexibility index (Phi) is 4.07. The molecule has 2 unspecified atom stereocenters. The summed E-state index contributed by atoms with van der Waals surface area (Å²) in [4.78, 5) is 12.6. The topological polar surface area (TPSA) is 107 Å². The molecule has 0 amide bonds. The molecule has 4 N–H and O–H groups in total. The third-order valence-electron chi connectivity index (χ3n) is 3.62. The molecular formula is C13H22N6O2. The molecule has 2 atom stereocenters. The van der Waals surface area contributed by atoms with Crippen LogP contribution in [0.1, 0.15) is 33.1 Å². The van der Waals surface area contributed by atoms with Crippen molar-refractivity contribution in [3.63, 3.8) is 0 Å². The second kappa shape index (κ2) is 5.98. The third kappa shape index (κ3) is 3.51. The SMILES string of the molecule is CC(C)Oc1nc(NN)nc(NC2CCOC2C2CC2)n1. The summed E-state index contributed by atoms with van der Waals surface area (Å²) in [6.45, 7) is 4.61. The number of nitrogen functional groups attached to an aromatic ring is 1. The normalized spacial score (nSPS) is 25.1. The zero-order chi connectivity index (χ0) is 14.8. The summed E-state index contributed by atoms with van der Waals surface area (Å²) in [7, 11) is 0. The molecule has 1 aromatic heterocycles. The molecule has 1 aliphatic heterocycles. The van der Waals surface area contributed by atoms with E-state index in [4.69, 9.17) is 15.3 Å². The molecule has 1 saturated heterocycles. The molecule has 116 valence electrons. The average Bonchev–Trinajstić information content (AvgIpc) is 3.18. The number of aromatic nitrogens is 3. The fourth-order valence-corrected chi connectivity index (χ4v) is 2.57. The zero-order valence-electron chi connectivity index (χ0n) is 12.4. The van der Waals surface area contributed by atoms with E-state index in [0.29, 0.717) is 11.9 Å². The standard InChI is InChI=1S/C13H22N6O2/c1-7(2)21-13-17-11(16-12(18-13)19-14)15-9-5-6-20-10(9)8-3-4-8/h7-10H,3-6,14H2,1-2H3,(H2,15,16,17,18,19). The van der Waals surface area contributed by atoms with E-state index in [1.165, 1.54) is 12.8 Å². The molecule has 2 aliphatic rings. The van der Waals surface area contributed by atoms with Gasteiger partial charge in [0.05, 0.1) is 18.2 Å². The monoisotopic (exact) mass is 294 g/mol. The fourth-order valence-electron chi connectivity index (χ4n) is 2.57. The molecule has 21 heavy (non-hydrogen) atoms. The van der Waals surface area contributed by atoms with Gasteiger partial charge in [0.25, 0.3) is 0 Å². The van der Waals surface area contributed by atoms with Gasteiger partial charge in [0.1, 0.15) is 0 Å². The van der Waals surface area contributed by atoms with Crippen LogP contribution in [0.2, 0.25) is 0 Å². The van der Waals surface area contributed by atoms with Gasteiger partial charge in [0, 0.05) is 6.61 Å². The molecule has 0 bridgehead atoms. The molecule has 0 spiro atoms. The fraction of sp³-hybridized carbons (Fsp3) is 0.769. The van der Waals surface area contributed by atoms with Crippen molar-refractivity contribution in [2.45, 2.75) is 51.4 Å². The van der Waals surface area contributed by atoms with Crippen LogP contribution in [0, 0.1) is 5.92 Å².